The molecule has 0 aliphatic carbocycles. The molecule has 1 aliphatic heterocycles. The van der Waals surface area contributed by atoms with Gasteiger partial charge in [-0.2, -0.15) is 0 Å². The molecule has 2 N–H and O–H groups in total. The molecule has 1 aliphatic rings. The van der Waals surface area contributed by atoms with E-state index in [1.54, 1.807) is 12.1 Å². The van der Waals surface area contributed by atoms with Crippen molar-refractivity contribution in [2.45, 2.75) is 24.2 Å². The van der Waals surface area contributed by atoms with Crippen molar-refractivity contribution in [1.82, 2.24) is 4.90 Å². The molecule has 5 heteroatoms. The van der Waals surface area contributed by atoms with Crippen molar-refractivity contribution in [3.63, 3.8) is 0 Å². The molecule has 1 saturated heterocycles. The third kappa shape index (κ3) is 3.10. The van der Waals surface area contributed by atoms with Crippen molar-refractivity contribution < 1.29 is 9.59 Å². The summed E-state index contributed by atoms with van der Waals surface area (Å²) in [7, 11) is 0. The van der Waals surface area contributed by atoms with Crippen LogP contribution in [-0.4, -0.2) is 36.1 Å². The predicted octanol–water partition coefficient (Wildman–Crippen LogP) is 2.13. The second kappa shape index (κ2) is 6.10. The van der Waals surface area contributed by atoms with E-state index in [1.165, 1.54) is 11.8 Å². The average Bonchev–Trinajstić information content (AvgIpc) is 2.46. The number of hydrogen-bond acceptors (Lipinski definition) is 3. The lowest BCUT2D eigenvalue weighted by Gasteiger charge is -2.27. The number of carbonyl (C=O) groups is 2. The topological polar surface area (TPSA) is 63.4 Å². The van der Waals surface area contributed by atoms with Crippen LogP contribution in [0.5, 0.6) is 0 Å². The summed E-state index contributed by atoms with van der Waals surface area (Å²) in [4.78, 5) is 26.7. The van der Waals surface area contributed by atoms with Crippen LogP contribution in [0.3, 0.4) is 0 Å². The highest BCUT2D eigenvalue weighted by atomic mass is 32.2. The smallest absolute Gasteiger partial charge is 0.254 e. The van der Waals surface area contributed by atoms with Crippen molar-refractivity contribution in [2.75, 3.05) is 19.3 Å². The number of carbonyl (C=O) groups excluding carboxylic acids is 2. The van der Waals surface area contributed by atoms with Gasteiger partial charge in [0.2, 0.25) is 5.91 Å². The molecule has 19 heavy (non-hydrogen) atoms. The summed E-state index contributed by atoms with van der Waals surface area (Å²) in [6, 6.07) is 5.27. The molecule has 2 rings (SSSR count). The molecule has 0 saturated carbocycles. The maximum Gasteiger partial charge on any atom is 0.254 e. The molecule has 1 aromatic carbocycles. The zero-order chi connectivity index (χ0) is 13.8. The first-order valence-electron chi connectivity index (χ1n) is 6.40. The largest absolute Gasteiger partial charge is 0.366 e. The van der Waals surface area contributed by atoms with Gasteiger partial charge in [0.05, 0.1) is 11.1 Å². The van der Waals surface area contributed by atoms with E-state index in [0.29, 0.717) is 11.1 Å². The van der Waals surface area contributed by atoms with Gasteiger partial charge in [0.15, 0.2) is 0 Å². The van der Waals surface area contributed by atoms with Crippen LogP contribution in [0.25, 0.3) is 0 Å². The molecule has 102 valence electrons. The Morgan fingerprint density at radius 3 is 2.42 bits per heavy atom. The molecule has 2 amide bonds. The van der Waals surface area contributed by atoms with E-state index >= 15 is 0 Å². The highest BCUT2D eigenvalue weighted by Gasteiger charge is 2.22. The van der Waals surface area contributed by atoms with E-state index in [2.05, 4.69) is 0 Å². The summed E-state index contributed by atoms with van der Waals surface area (Å²) in [6.45, 7) is 1.53. The Hall–Kier alpha value is -1.49. The van der Waals surface area contributed by atoms with Crippen LogP contribution in [0, 0.1) is 0 Å². The monoisotopic (exact) mass is 278 g/mol. The number of piperidine rings is 1. The number of amides is 2. The summed E-state index contributed by atoms with van der Waals surface area (Å²) in [5, 5.41) is 0. The molecular formula is C14H18N2O2S. The van der Waals surface area contributed by atoms with Gasteiger partial charge in [-0.3, -0.25) is 9.59 Å². The lowest BCUT2D eigenvalue weighted by atomic mass is 10.0. The first kappa shape index (κ1) is 13.9. The SMILES string of the molecule is CSc1ccc(C(=O)N2CCCCC2)c(C(N)=O)c1. The van der Waals surface area contributed by atoms with Crippen molar-refractivity contribution in [3.05, 3.63) is 29.3 Å². The van der Waals surface area contributed by atoms with Crippen LogP contribution in [-0.2, 0) is 0 Å². The maximum atomic E-state index is 12.4. The number of thioether (sulfide) groups is 1. The fourth-order valence-electron chi connectivity index (χ4n) is 2.31. The highest BCUT2D eigenvalue weighted by Crippen LogP contribution is 2.21. The number of likely N-dealkylation sites (tertiary alicyclic amines) is 1. The van der Waals surface area contributed by atoms with Gasteiger partial charge in [-0.25, -0.2) is 0 Å². The minimum absolute atomic E-state index is 0.0823. The molecule has 0 unspecified atom stereocenters. The van der Waals surface area contributed by atoms with E-state index in [-0.39, 0.29) is 5.91 Å². The van der Waals surface area contributed by atoms with E-state index in [0.717, 1.165) is 37.2 Å². The predicted molar refractivity (Wildman–Crippen MR) is 76.5 cm³/mol. The summed E-state index contributed by atoms with van der Waals surface area (Å²) >= 11 is 1.52. The molecule has 0 radical (unpaired) electrons. The third-order valence-electron chi connectivity index (χ3n) is 3.37. The lowest BCUT2D eigenvalue weighted by molar-refractivity contribution is 0.0719. The van der Waals surface area contributed by atoms with Gasteiger partial charge >= 0.3 is 0 Å². The van der Waals surface area contributed by atoms with E-state index in [4.69, 9.17) is 5.73 Å². The second-order valence-corrected chi connectivity index (χ2v) is 5.51. The molecule has 0 spiro atoms. The van der Waals surface area contributed by atoms with Crippen LogP contribution in [0.2, 0.25) is 0 Å². The van der Waals surface area contributed by atoms with Gasteiger partial charge in [-0.15, -0.1) is 11.8 Å². The Kier molecular flexibility index (Phi) is 4.47. The van der Waals surface area contributed by atoms with Crippen LogP contribution < -0.4 is 5.73 Å². The van der Waals surface area contributed by atoms with Crippen LogP contribution >= 0.6 is 11.8 Å². The van der Waals surface area contributed by atoms with E-state index in [1.807, 2.05) is 17.2 Å². The Labute approximate surface area is 117 Å². The number of primary amides is 1. The van der Waals surface area contributed by atoms with Gasteiger partial charge < -0.3 is 10.6 Å². The molecule has 1 fully saturated rings. The molecule has 0 bridgehead atoms. The Bertz CT molecular complexity index is 496. The van der Waals surface area contributed by atoms with Gasteiger partial charge in [0.25, 0.3) is 5.91 Å². The average molecular weight is 278 g/mol. The molecule has 4 nitrogen and oxygen atoms in total. The minimum atomic E-state index is -0.545. The standard InChI is InChI=1S/C14H18N2O2S/c1-19-10-5-6-11(12(9-10)13(15)17)14(18)16-7-3-2-4-8-16/h5-6,9H,2-4,7-8H2,1H3,(H2,15,17). The number of nitrogens with two attached hydrogens (primary N) is 1. The number of benzene rings is 1. The normalized spacial score (nSPS) is 15.3. The molecule has 1 aromatic rings. The fourth-order valence-corrected chi connectivity index (χ4v) is 2.75. The number of rotatable bonds is 3. The quantitative estimate of drug-likeness (QED) is 0.862. The Balaban J connectivity index is 2.32. The second-order valence-electron chi connectivity index (χ2n) is 4.63. The van der Waals surface area contributed by atoms with Gasteiger partial charge in [0.1, 0.15) is 0 Å². The molecular weight excluding hydrogens is 260 g/mol. The lowest BCUT2D eigenvalue weighted by Crippen LogP contribution is -2.36. The number of nitrogens with zero attached hydrogens (tertiary/aromatic N) is 1. The summed E-state index contributed by atoms with van der Waals surface area (Å²) < 4.78 is 0. The van der Waals surface area contributed by atoms with Crippen LogP contribution in [0.15, 0.2) is 23.1 Å². The minimum Gasteiger partial charge on any atom is -0.366 e. The van der Waals surface area contributed by atoms with E-state index in [9.17, 15) is 9.59 Å². The molecule has 0 atom stereocenters. The van der Waals surface area contributed by atoms with Gasteiger partial charge in [0, 0.05) is 18.0 Å². The third-order valence-corrected chi connectivity index (χ3v) is 4.09. The summed E-state index contributed by atoms with van der Waals surface area (Å²) in [5.41, 5.74) is 6.13. The van der Waals surface area contributed by atoms with Crippen molar-refractivity contribution in [2.24, 2.45) is 5.73 Å². The maximum absolute atomic E-state index is 12.4. The Morgan fingerprint density at radius 1 is 1.16 bits per heavy atom. The first-order chi connectivity index (χ1) is 9.13. The summed E-state index contributed by atoms with van der Waals surface area (Å²) in [5.74, 6) is -0.627. The van der Waals surface area contributed by atoms with E-state index < -0.39 is 5.91 Å². The van der Waals surface area contributed by atoms with Crippen LogP contribution in [0.1, 0.15) is 40.0 Å². The van der Waals surface area contributed by atoms with Crippen molar-refractivity contribution in [3.8, 4) is 0 Å². The van der Waals surface area contributed by atoms with Crippen LogP contribution in [0.4, 0.5) is 0 Å². The zero-order valence-electron chi connectivity index (χ0n) is 11.0. The fraction of sp³-hybridized carbons (Fsp3) is 0.429. The van der Waals surface area contributed by atoms with Gasteiger partial charge in [-0.1, -0.05) is 0 Å². The number of hydrogen-bond donors (Lipinski definition) is 1. The first-order valence-corrected chi connectivity index (χ1v) is 7.63. The summed E-state index contributed by atoms with van der Waals surface area (Å²) in [6.07, 6.45) is 5.14. The Morgan fingerprint density at radius 2 is 1.84 bits per heavy atom. The van der Waals surface area contributed by atoms with Gasteiger partial charge in [-0.05, 0) is 43.7 Å². The van der Waals surface area contributed by atoms with Crippen molar-refractivity contribution >= 4 is 23.6 Å². The molecule has 0 aromatic heterocycles. The van der Waals surface area contributed by atoms with Crippen molar-refractivity contribution in [1.29, 1.82) is 0 Å². The highest BCUT2D eigenvalue weighted by molar-refractivity contribution is 7.98. The zero-order valence-corrected chi connectivity index (χ0v) is 11.8. The molecule has 1 heterocycles.